The lowest BCUT2D eigenvalue weighted by Crippen LogP contribution is -2.05. The van der Waals surface area contributed by atoms with Gasteiger partial charge in [0.25, 0.3) is 5.69 Å². The van der Waals surface area contributed by atoms with Crippen molar-refractivity contribution >= 4 is 11.4 Å². The van der Waals surface area contributed by atoms with Crippen molar-refractivity contribution in [1.82, 2.24) is 0 Å². The third-order valence-corrected chi connectivity index (χ3v) is 2.85. The lowest BCUT2D eigenvalue weighted by atomic mass is 10.1. The van der Waals surface area contributed by atoms with Crippen molar-refractivity contribution in [3.05, 3.63) is 33.9 Å². The summed E-state index contributed by atoms with van der Waals surface area (Å²) in [6.07, 6.45) is 3.21. The molecule has 0 unspecified atom stereocenters. The van der Waals surface area contributed by atoms with Crippen LogP contribution in [0.3, 0.4) is 0 Å². The lowest BCUT2D eigenvalue weighted by Gasteiger charge is -2.08. The minimum Gasteiger partial charge on any atom is -0.379 e. The van der Waals surface area contributed by atoms with Gasteiger partial charge in [0.2, 0.25) is 0 Å². The van der Waals surface area contributed by atoms with E-state index in [4.69, 9.17) is 5.26 Å². The van der Waals surface area contributed by atoms with Crippen LogP contribution in [0, 0.1) is 27.4 Å². The van der Waals surface area contributed by atoms with E-state index >= 15 is 0 Å². The molecule has 5 nitrogen and oxygen atoms in total. The van der Waals surface area contributed by atoms with Crippen LogP contribution in [-0.2, 0) is 0 Å². The number of nitrogens with one attached hydrogen (secondary N) is 1. The van der Waals surface area contributed by atoms with E-state index < -0.39 is 4.92 Å². The van der Waals surface area contributed by atoms with Gasteiger partial charge in [-0.05, 0) is 24.5 Å². The van der Waals surface area contributed by atoms with Crippen LogP contribution in [0.15, 0.2) is 18.2 Å². The van der Waals surface area contributed by atoms with E-state index in [1.165, 1.54) is 18.2 Å². The fourth-order valence-corrected chi connectivity index (χ4v) is 1.81. The van der Waals surface area contributed by atoms with Gasteiger partial charge in [0.1, 0.15) is 5.69 Å². The molecule has 0 saturated carbocycles. The Balaban J connectivity index is 2.60. The van der Waals surface area contributed by atoms with Gasteiger partial charge in [-0.2, -0.15) is 5.26 Å². The first-order chi connectivity index (χ1) is 9.04. The molecule has 0 aliphatic rings. The van der Waals surface area contributed by atoms with E-state index in [0.29, 0.717) is 23.7 Å². The number of unbranched alkanes of at least 4 members (excludes halogenated alkanes) is 1. The smallest absolute Gasteiger partial charge is 0.292 e. The Morgan fingerprint density at radius 1 is 1.42 bits per heavy atom. The zero-order valence-corrected chi connectivity index (χ0v) is 11.3. The van der Waals surface area contributed by atoms with Crippen molar-refractivity contribution in [2.24, 2.45) is 5.92 Å². The molecule has 0 aliphatic carbocycles. The van der Waals surface area contributed by atoms with Crippen LogP contribution in [0.1, 0.15) is 38.7 Å². The Labute approximate surface area is 113 Å². The standard InChI is InChI=1S/C14H19N3O2/c1-11(2)5-3-4-8-16-13-9-12(10-15)6-7-14(13)17(18)19/h6-7,9,11,16H,3-5,8H2,1-2H3. The molecule has 0 fully saturated rings. The van der Waals surface area contributed by atoms with Crippen LogP contribution in [0.25, 0.3) is 0 Å². The number of benzene rings is 1. The van der Waals surface area contributed by atoms with E-state index in [2.05, 4.69) is 19.2 Å². The molecular formula is C14H19N3O2. The largest absolute Gasteiger partial charge is 0.379 e. The molecule has 1 aromatic carbocycles. The highest BCUT2D eigenvalue weighted by Crippen LogP contribution is 2.25. The van der Waals surface area contributed by atoms with Crippen LogP contribution in [0.2, 0.25) is 0 Å². The first-order valence-electron chi connectivity index (χ1n) is 6.47. The zero-order valence-electron chi connectivity index (χ0n) is 11.3. The van der Waals surface area contributed by atoms with Gasteiger partial charge in [0, 0.05) is 12.6 Å². The summed E-state index contributed by atoms with van der Waals surface area (Å²) in [7, 11) is 0. The molecule has 0 saturated heterocycles. The average molecular weight is 261 g/mol. The first kappa shape index (κ1) is 15.0. The average Bonchev–Trinajstić information content (AvgIpc) is 2.37. The molecule has 0 amide bonds. The Bertz CT molecular complexity index is 478. The number of nitrogens with zero attached hydrogens (tertiary/aromatic N) is 2. The molecule has 0 bridgehead atoms. The predicted molar refractivity (Wildman–Crippen MR) is 75.0 cm³/mol. The second-order valence-corrected chi connectivity index (χ2v) is 4.92. The van der Waals surface area contributed by atoms with Gasteiger partial charge >= 0.3 is 0 Å². The summed E-state index contributed by atoms with van der Waals surface area (Å²) < 4.78 is 0. The second kappa shape index (κ2) is 7.37. The molecule has 5 heteroatoms. The van der Waals surface area contributed by atoms with Gasteiger partial charge < -0.3 is 5.32 Å². The quantitative estimate of drug-likeness (QED) is 0.461. The number of nitro benzene ring substituents is 1. The van der Waals surface area contributed by atoms with Gasteiger partial charge in [-0.25, -0.2) is 0 Å². The fraction of sp³-hybridized carbons (Fsp3) is 0.500. The van der Waals surface area contributed by atoms with Gasteiger partial charge in [0.05, 0.1) is 16.6 Å². The summed E-state index contributed by atoms with van der Waals surface area (Å²) >= 11 is 0. The summed E-state index contributed by atoms with van der Waals surface area (Å²) in [6.45, 7) is 5.03. The monoisotopic (exact) mass is 261 g/mol. The van der Waals surface area contributed by atoms with Gasteiger partial charge in [0.15, 0.2) is 0 Å². The molecule has 1 N–H and O–H groups in total. The molecule has 0 radical (unpaired) electrons. The first-order valence-corrected chi connectivity index (χ1v) is 6.47. The van der Waals surface area contributed by atoms with Crippen LogP contribution in [-0.4, -0.2) is 11.5 Å². The fourth-order valence-electron chi connectivity index (χ4n) is 1.81. The van der Waals surface area contributed by atoms with Crippen LogP contribution in [0.4, 0.5) is 11.4 Å². The van der Waals surface area contributed by atoms with Crippen molar-refractivity contribution in [2.75, 3.05) is 11.9 Å². The molecule has 0 aromatic heterocycles. The van der Waals surface area contributed by atoms with E-state index in [9.17, 15) is 10.1 Å². The normalized spacial score (nSPS) is 10.2. The highest BCUT2D eigenvalue weighted by Gasteiger charge is 2.13. The Morgan fingerprint density at radius 2 is 2.16 bits per heavy atom. The maximum atomic E-state index is 10.9. The zero-order chi connectivity index (χ0) is 14.3. The maximum absolute atomic E-state index is 10.9. The topological polar surface area (TPSA) is 79.0 Å². The summed E-state index contributed by atoms with van der Waals surface area (Å²) in [6, 6.07) is 6.35. The van der Waals surface area contributed by atoms with E-state index in [0.717, 1.165) is 19.3 Å². The number of hydrogen-bond acceptors (Lipinski definition) is 4. The summed E-state index contributed by atoms with van der Waals surface area (Å²) in [5, 5.41) is 22.7. The van der Waals surface area contributed by atoms with Crippen molar-refractivity contribution < 1.29 is 4.92 Å². The Morgan fingerprint density at radius 3 is 2.74 bits per heavy atom. The number of nitro groups is 1. The molecule has 19 heavy (non-hydrogen) atoms. The van der Waals surface area contributed by atoms with Crippen molar-refractivity contribution in [3.8, 4) is 6.07 Å². The third kappa shape index (κ3) is 4.96. The van der Waals surface area contributed by atoms with Crippen molar-refractivity contribution in [2.45, 2.75) is 33.1 Å². The van der Waals surface area contributed by atoms with Crippen LogP contribution >= 0.6 is 0 Å². The molecule has 1 aromatic rings. The molecule has 0 aliphatic heterocycles. The highest BCUT2D eigenvalue weighted by atomic mass is 16.6. The number of nitriles is 1. The second-order valence-electron chi connectivity index (χ2n) is 4.92. The summed E-state index contributed by atoms with van der Waals surface area (Å²) in [4.78, 5) is 10.4. The van der Waals surface area contributed by atoms with Gasteiger partial charge in [-0.3, -0.25) is 10.1 Å². The number of hydrogen-bond donors (Lipinski definition) is 1. The number of anilines is 1. The summed E-state index contributed by atoms with van der Waals surface area (Å²) in [5.41, 5.74) is 0.867. The highest BCUT2D eigenvalue weighted by molar-refractivity contribution is 5.64. The lowest BCUT2D eigenvalue weighted by molar-refractivity contribution is -0.384. The molecular weight excluding hydrogens is 242 g/mol. The van der Waals surface area contributed by atoms with E-state index in [1.54, 1.807) is 0 Å². The number of rotatable bonds is 7. The van der Waals surface area contributed by atoms with Crippen molar-refractivity contribution in [1.29, 1.82) is 5.26 Å². The Hall–Kier alpha value is -2.09. The minimum absolute atomic E-state index is 0.0165. The van der Waals surface area contributed by atoms with Crippen LogP contribution in [0.5, 0.6) is 0 Å². The molecule has 0 spiro atoms. The predicted octanol–water partition coefficient (Wildman–Crippen LogP) is 3.70. The molecule has 0 atom stereocenters. The maximum Gasteiger partial charge on any atom is 0.292 e. The SMILES string of the molecule is CC(C)CCCCNc1cc(C#N)ccc1[N+](=O)[O-]. The van der Waals surface area contributed by atoms with Crippen LogP contribution < -0.4 is 5.32 Å². The third-order valence-electron chi connectivity index (χ3n) is 2.85. The molecule has 102 valence electrons. The Kier molecular flexibility index (Phi) is 5.80. The minimum atomic E-state index is -0.433. The molecule has 1 rings (SSSR count). The molecule has 0 heterocycles. The van der Waals surface area contributed by atoms with Gasteiger partial charge in [-0.1, -0.05) is 26.7 Å². The van der Waals surface area contributed by atoms with E-state index in [1.807, 2.05) is 6.07 Å². The van der Waals surface area contributed by atoms with Gasteiger partial charge in [-0.15, -0.1) is 0 Å². The summed E-state index contributed by atoms with van der Waals surface area (Å²) in [5.74, 6) is 0.677. The van der Waals surface area contributed by atoms with E-state index in [-0.39, 0.29) is 5.69 Å². The van der Waals surface area contributed by atoms with Crippen molar-refractivity contribution in [3.63, 3.8) is 0 Å².